The van der Waals surface area contributed by atoms with Crippen LogP contribution in [-0.2, 0) is 12.8 Å². The molecule has 4 rings (SSSR count). The number of rotatable bonds is 1. The second-order valence-electron chi connectivity index (χ2n) is 5.13. The first-order valence-corrected chi connectivity index (χ1v) is 7.48. The van der Waals surface area contributed by atoms with Gasteiger partial charge in [-0.25, -0.2) is 4.98 Å². The lowest BCUT2D eigenvalue weighted by molar-refractivity contribution is 0.697. The molecule has 2 heterocycles. The van der Waals surface area contributed by atoms with Gasteiger partial charge in [0.1, 0.15) is 5.82 Å². The van der Waals surface area contributed by atoms with E-state index < -0.39 is 0 Å². The van der Waals surface area contributed by atoms with Gasteiger partial charge in [0.2, 0.25) is 0 Å². The SMILES string of the molecule is Nc1ccc2nc(-c3cc4c(s3)CCCC4)[nH]c2c1. The van der Waals surface area contributed by atoms with Gasteiger partial charge in [-0.3, -0.25) is 0 Å². The van der Waals surface area contributed by atoms with Gasteiger partial charge in [0, 0.05) is 10.6 Å². The van der Waals surface area contributed by atoms with Gasteiger partial charge in [-0.1, -0.05) is 0 Å². The third kappa shape index (κ3) is 1.83. The number of aromatic amines is 1. The number of thiophene rings is 1. The van der Waals surface area contributed by atoms with Gasteiger partial charge in [-0.15, -0.1) is 11.3 Å². The molecule has 0 atom stereocenters. The van der Waals surface area contributed by atoms with Crippen LogP contribution in [0.25, 0.3) is 21.7 Å². The van der Waals surface area contributed by atoms with Crippen molar-refractivity contribution < 1.29 is 0 Å². The third-order valence-corrected chi connectivity index (χ3v) is 4.98. The molecule has 0 saturated heterocycles. The number of nitrogen functional groups attached to an aromatic ring is 1. The number of hydrogen-bond acceptors (Lipinski definition) is 3. The van der Waals surface area contributed by atoms with Gasteiger partial charge < -0.3 is 10.7 Å². The van der Waals surface area contributed by atoms with E-state index in [0.29, 0.717) is 0 Å². The molecule has 3 nitrogen and oxygen atoms in total. The number of anilines is 1. The number of fused-ring (bicyclic) bond motifs is 2. The normalized spacial score (nSPS) is 14.7. The van der Waals surface area contributed by atoms with Crippen LogP contribution in [0.1, 0.15) is 23.3 Å². The molecule has 2 aromatic heterocycles. The van der Waals surface area contributed by atoms with Crippen molar-refractivity contribution >= 4 is 28.1 Å². The Hall–Kier alpha value is -1.81. The van der Waals surface area contributed by atoms with Gasteiger partial charge in [0.15, 0.2) is 0 Å². The Morgan fingerprint density at radius 1 is 1.16 bits per heavy atom. The molecule has 4 heteroatoms. The molecule has 19 heavy (non-hydrogen) atoms. The lowest BCUT2D eigenvalue weighted by atomic mass is 9.99. The molecule has 0 radical (unpaired) electrons. The number of nitrogens with one attached hydrogen (secondary N) is 1. The Morgan fingerprint density at radius 3 is 2.95 bits per heavy atom. The van der Waals surface area contributed by atoms with Crippen molar-refractivity contribution in [3.05, 3.63) is 34.7 Å². The minimum Gasteiger partial charge on any atom is -0.399 e. The van der Waals surface area contributed by atoms with Gasteiger partial charge in [-0.05, 0) is 55.5 Å². The first kappa shape index (κ1) is 11.1. The summed E-state index contributed by atoms with van der Waals surface area (Å²) in [5.74, 6) is 0.972. The highest BCUT2D eigenvalue weighted by Crippen LogP contribution is 2.35. The average Bonchev–Trinajstić information content (AvgIpc) is 3.00. The van der Waals surface area contributed by atoms with Crippen LogP contribution in [0.5, 0.6) is 0 Å². The molecule has 1 aromatic carbocycles. The van der Waals surface area contributed by atoms with Crippen molar-refractivity contribution in [3.8, 4) is 10.7 Å². The van der Waals surface area contributed by atoms with Gasteiger partial charge in [0.25, 0.3) is 0 Å². The van der Waals surface area contributed by atoms with E-state index in [0.717, 1.165) is 22.5 Å². The summed E-state index contributed by atoms with van der Waals surface area (Å²) in [6.45, 7) is 0. The summed E-state index contributed by atoms with van der Waals surface area (Å²) < 4.78 is 0. The number of aryl methyl sites for hydroxylation is 2. The number of nitrogens with zero attached hydrogens (tertiary/aromatic N) is 1. The standard InChI is InChI=1S/C15H15N3S/c16-10-5-6-11-12(8-10)18-15(17-11)14-7-9-3-1-2-4-13(9)19-14/h5-8H,1-4,16H2,(H,17,18). The second kappa shape index (κ2) is 4.10. The van der Waals surface area contributed by atoms with Crippen LogP contribution in [0.3, 0.4) is 0 Å². The van der Waals surface area contributed by atoms with Crippen LogP contribution >= 0.6 is 11.3 Å². The van der Waals surface area contributed by atoms with E-state index in [1.54, 1.807) is 4.88 Å². The van der Waals surface area contributed by atoms with E-state index in [1.807, 2.05) is 29.5 Å². The Balaban J connectivity index is 1.83. The fraction of sp³-hybridized carbons (Fsp3) is 0.267. The molecule has 96 valence electrons. The molecular weight excluding hydrogens is 254 g/mol. The molecule has 1 aliphatic carbocycles. The molecule has 3 N–H and O–H groups in total. The van der Waals surface area contributed by atoms with E-state index in [1.165, 1.54) is 36.1 Å². The highest BCUT2D eigenvalue weighted by Gasteiger charge is 2.16. The van der Waals surface area contributed by atoms with E-state index in [-0.39, 0.29) is 0 Å². The summed E-state index contributed by atoms with van der Waals surface area (Å²) in [4.78, 5) is 10.8. The highest BCUT2D eigenvalue weighted by molar-refractivity contribution is 7.15. The van der Waals surface area contributed by atoms with Crippen molar-refractivity contribution in [2.45, 2.75) is 25.7 Å². The number of aromatic nitrogens is 2. The first-order valence-electron chi connectivity index (χ1n) is 6.67. The number of benzene rings is 1. The molecule has 0 fully saturated rings. The van der Waals surface area contributed by atoms with Crippen LogP contribution in [0, 0.1) is 0 Å². The minimum atomic E-state index is 0.771. The van der Waals surface area contributed by atoms with Gasteiger partial charge in [-0.2, -0.15) is 0 Å². The van der Waals surface area contributed by atoms with Crippen molar-refractivity contribution in [3.63, 3.8) is 0 Å². The van der Waals surface area contributed by atoms with E-state index in [4.69, 9.17) is 5.73 Å². The summed E-state index contributed by atoms with van der Waals surface area (Å²) in [6, 6.07) is 8.12. The van der Waals surface area contributed by atoms with Crippen molar-refractivity contribution in [2.24, 2.45) is 0 Å². The molecule has 0 spiro atoms. The maximum atomic E-state index is 5.81. The van der Waals surface area contributed by atoms with E-state index >= 15 is 0 Å². The lowest BCUT2D eigenvalue weighted by Crippen LogP contribution is -1.96. The summed E-state index contributed by atoms with van der Waals surface area (Å²) in [5, 5.41) is 0. The lowest BCUT2D eigenvalue weighted by Gasteiger charge is -2.08. The average molecular weight is 269 g/mol. The molecule has 3 aromatic rings. The number of imidazole rings is 1. The molecule has 0 aliphatic heterocycles. The van der Waals surface area contributed by atoms with E-state index in [2.05, 4.69) is 16.0 Å². The first-order chi connectivity index (χ1) is 9.29. The molecular formula is C15H15N3S. The zero-order valence-electron chi connectivity index (χ0n) is 10.6. The summed E-state index contributed by atoms with van der Waals surface area (Å²) in [5.41, 5.74) is 10.1. The summed E-state index contributed by atoms with van der Waals surface area (Å²) >= 11 is 1.88. The molecule has 0 unspecified atom stereocenters. The minimum absolute atomic E-state index is 0.771. The summed E-state index contributed by atoms with van der Waals surface area (Å²) in [6.07, 6.45) is 5.09. The fourth-order valence-corrected chi connectivity index (χ4v) is 3.95. The van der Waals surface area contributed by atoms with Gasteiger partial charge in [0.05, 0.1) is 15.9 Å². The van der Waals surface area contributed by atoms with Gasteiger partial charge >= 0.3 is 0 Å². The molecule has 1 aliphatic rings. The topological polar surface area (TPSA) is 54.7 Å². The Kier molecular flexibility index (Phi) is 2.38. The predicted octanol–water partition coefficient (Wildman–Crippen LogP) is 3.75. The van der Waals surface area contributed by atoms with Crippen LogP contribution in [0.4, 0.5) is 5.69 Å². The van der Waals surface area contributed by atoms with Crippen molar-refractivity contribution in [1.29, 1.82) is 0 Å². The van der Waals surface area contributed by atoms with E-state index in [9.17, 15) is 0 Å². The van der Waals surface area contributed by atoms with Crippen LogP contribution in [-0.4, -0.2) is 9.97 Å². The molecule has 0 saturated carbocycles. The maximum Gasteiger partial charge on any atom is 0.148 e. The number of nitrogens with two attached hydrogens (primary N) is 1. The van der Waals surface area contributed by atoms with Crippen LogP contribution < -0.4 is 5.73 Å². The quantitative estimate of drug-likeness (QED) is 0.661. The fourth-order valence-electron chi connectivity index (χ4n) is 2.75. The Morgan fingerprint density at radius 2 is 2.05 bits per heavy atom. The molecule has 0 amide bonds. The zero-order chi connectivity index (χ0) is 12.8. The predicted molar refractivity (Wildman–Crippen MR) is 80.5 cm³/mol. The largest absolute Gasteiger partial charge is 0.399 e. The van der Waals surface area contributed by atoms with Crippen LogP contribution in [0.2, 0.25) is 0 Å². The monoisotopic (exact) mass is 269 g/mol. The zero-order valence-corrected chi connectivity index (χ0v) is 11.4. The van der Waals surface area contributed by atoms with Crippen LogP contribution in [0.15, 0.2) is 24.3 Å². The second-order valence-corrected chi connectivity index (χ2v) is 6.26. The summed E-state index contributed by atoms with van der Waals surface area (Å²) in [7, 11) is 0. The highest BCUT2D eigenvalue weighted by atomic mass is 32.1. The Labute approximate surface area is 115 Å². The number of H-pyrrole nitrogens is 1. The maximum absolute atomic E-state index is 5.81. The molecule has 0 bridgehead atoms. The third-order valence-electron chi connectivity index (χ3n) is 3.74. The van der Waals surface area contributed by atoms with Crippen molar-refractivity contribution in [1.82, 2.24) is 9.97 Å². The Bertz CT molecular complexity index is 730. The number of hydrogen-bond donors (Lipinski definition) is 2. The smallest absolute Gasteiger partial charge is 0.148 e. The van der Waals surface area contributed by atoms with Crippen molar-refractivity contribution in [2.75, 3.05) is 5.73 Å².